The van der Waals surface area contributed by atoms with Crippen molar-refractivity contribution < 1.29 is 18.7 Å². The number of carbonyl (C=O) groups excluding carboxylic acids is 1. The number of amides is 1. The van der Waals surface area contributed by atoms with Crippen molar-refractivity contribution in [1.82, 2.24) is 5.32 Å². The first-order valence-corrected chi connectivity index (χ1v) is 7.59. The molecule has 120 valence electrons. The van der Waals surface area contributed by atoms with Crippen LogP contribution in [0.1, 0.15) is 11.1 Å². The van der Waals surface area contributed by atoms with Crippen LogP contribution < -0.4 is 14.8 Å². The average Bonchev–Trinajstić information content (AvgIpc) is 2.54. The van der Waals surface area contributed by atoms with Crippen LogP contribution in [0.15, 0.2) is 36.4 Å². The largest absolute Gasteiger partial charge is 0.486 e. The summed E-state index contributed by atoms with van der Waals surface area (Å²) < 4.78 is 23.8. The Bertz CT molecular complexity index is 719. The van der Waals surface area contributed by atoms with Gasteiger partial charge >= 0.3 is 0 Å². The van der Waals surface area contributed by atoms with E-state index in [0.29, 0.717) is 36.3 Å². The van der Waals surface area contributed by atoms with Gasteiger partial charge in [-0.15, -0.1) is 0 Å². The highest BCUT2D eigenvalue weighted by Gasteiger charge is 2.17. The summed E-state index contributed by atoms with van der Waals surface area (Å²) in [6.07, 6.45) is 0.178. The Kier molecular flexibility index (Phi) is 4.67. The van der Waals surface area contributed by atoms with Crippen molar-refractivity contribution in [2.24, 2.45) is 0 Å². The molecule has 1 amide bonds. The lowest BCUT2D eigenvalue weighted by molar-refractivity contribution is -0.120. The number of carbonyl (C=O) groups is 1. The Morgan fingerprint density at radius 2 is 1.87 bits per heavy atom. The van der Waals surface area contributed by atoms with Crippen molar-refractivity contribution in [3.05, 3.63) is 58.4 Å². The fraction of sp³-hybridized carbons (Fsp3) is 0.235. The van der Waals surface area contributed by atoms with Crippen LogP contribution in [0.2, 0.25) is 5.02 Å². The van der Waals surface area contributed by atoms with Crippen LogP contribution >= 0.6 is 11.6 Å². The number of benzene rings is 2. The first-order chi connectivity index (χ1) is 11.1. The molecule has 0 saturated heterocycles. The lowest BCUT2D eigenvalue weighted by atomic mass is 10.1. The quantitative estimate of drug-likeness (QED) is 0.934. The van der Waals surface area contributed by atoms with Crippen LogP contribution in [-0.4, -0.2) is 19.1 Å². The van der Waals surface area contributed by atoms with Crippen molar-refractivity contribution in [3.8, 4) is 11.5 Å². The van der Waals surface area contributed by atoms with Crippen molar-refractivity contribution >= 4 is 17.5 Å². The molecule has 23 heavy (non-hydrogen) atoms. The van der Waals surface area contributed by atoms with E-state index < -0.39 is 0 Å². The van der Waals surface area contributed by atoms with Gasteiger partial charge in [0.1, 0.15) is 19.0 Å². The van der Waals surface area contributed by atoms with E-state index in [9.17, 15) is 9.18 Å². The lowest BCUT2D eigenvalue weighted by Gasteiger charge is -2.20. The zero-order valence-corrected chi connectivity index (χ0v) is 13.0. The van der Waals surface area contributed by atoms with Gasteiger partial charge in [-0.25, -0.2) is 4.39 Å². The summed E-state index contributed by atoms with van der Waals surface area (Å²) in [5.41, 5.74) is 1.58. The van der Waals surface area contributed by atoms with E-state index in [0.717, 1.165) is 11.1 Å². The number of rotatable bonds is 4. The van der Waals surface area contributed by atoms with Gasteiger partial charge in [-0.1, -0.05) is 23.7 Å². The molecule has 4 nitrogen and oxygen atoms in total. The molecular weight excluding hydrogens is 321 g/mol. The molecule has 2 aromatic carbocycles. The number of hydrogen-bond donors (Lipinski definition) is 1. The maximum Gasteiger partial charge on any atom is 0.224 e. The molecule has 0 aliphatic carbocycles. The first kappa shape index (κ1) is 15.6. The molecule has 0 radical (unpaired) electrons. The second-order valence-electron chi connectivity index (χ2n) is 5.18. The topological polar surface area (TPSA) is 47.6 Å². The predicted molar refractivity (Wildman–Crippen MR) is 84.4 cm³/mol. The summed E-state index contributed by atoms with van der Waals surface area (Å²) in [5.74, 6) is 0.631. The fourth-order valence-electron chi connectivity index (χ4n) is 2.32. The van der Waals surface area contributed by atoms with Crippen LogP contribution in [0, 0.1) is 5.82 Å². The number of ether oxygens (including phenoxy) is 2. The molecule has 0 atom stereocenters. The fourth-order valence-corrected chi connectivity index (χ4v) is 2.60. The van der Waals surface area contributed by atoms with Gasteiger partial charge in [0.25, 0.3) is 0 Å². The highest BCUT2D eigenvalue weighted by molar-refractivity contribution is 6.32. The van der Waals surface area contributed by atoms with Gasteiger partial charge < -0.3 is 14.8 Å². The Balaban J connectivity index is 1.61. The zero-order valence-electron chi connectivity index (χ0n) is 12.3. The summed E-state index contributed by atoms with van der Waals surface area (Å²) in [7, 11) is 0. The van der Waals surface area contributed by atoms with E-state index in [4.69, 9.17) is 21.1 Å². The summed E-state index contributed by atoms with van der Waals surface area (Å²) in [6.45, 7) is 1.27. The summed E-state index contributed by atoms with van der Waals surface area (Å²) in [4.78, 5) is 12.0. The van der Waals surface area contributed by atoms with E-state index in [1.54, 1.807) is 24.3 Å². The third-order valence-electron chi connectivity index (χ3n) is 3.42. The van der Waals surface area contributed by atoms with Crippen LogP contribution in [0.5, 0.6) is 11.5 Å². The minimum atomic E-state index is -0.300. The van der Waals surface area contributed by atoms with Gasteiger partial charge in [0.15, 0.2) is 11.5 Å². The van der Waals surface area contributed by atoms with Gasteiger partial charge in [-0.3, -0.25) is 4.79 Å². The Morgan fingerprint density at radius 3 is 2.65 bits per heavy atom. The Labute approximate surface area is 138 Å². The minimum absolute atomic E-state index is 0.151. The number of hydrogen-bond acceptors (Lipinski definition) is 3. The molecule has 0 aromatic heterocycles. The van der Waals surface area contributed by atoms with E-state index in [1.165, 1.54) is 12.1 Å². The van der Waals surface area contributed by atoms with Crippen molar-refractivity contribution in [2.75, 3.05) is 13.2 Å². The number of halogens is 2. The van der Waals surface area contributed by atoms with Crippen LogP contribution in [-0.2, 0) is 17.8 Å². The maximum absolute atomic E-state index is 12.8. The Hall–Kier alpha value is -2.27. The van der Waals surface area contributed by atoms with Gasteiger partial charge in [0.2, 0.25) is 5.91 Å². The molecule has 0 fully saturated rings. The molecule has 1 aliphatic heterocycles. The van der Waals surface area contributed by atoms with Crippen LogP contribution in [0.25, 0.3) is 0 Å². The monoisotopic (exact) mass is 335 g/mol. The summed E-state index contributed by atoms with van der Waals surface area (Å²) in [5, 5.41) is 3.22. The average molecular weight is 336 g/mol. The SMILES string of the molecule is O=C(Cc1cc(Cl)c2c(c1)OCCO2)NCc1ccc(F)cc1. The molecule has 0 bridgehead atoms. The molecule has 3 rings (SSSR count). The molecule has 2 aromatic rings. The summed E-state index contributed by atoms with van der Waals surface area (Å²) in [6, 6.07) is 9.46. The number of nitrogens with one attached hydrogen (secondary N) is 1. The standard InChI is InChI=1S/C17H15ClFNO3/c18-14-7-12(8-15-17(14)23-6-5-22-15)9-16(21)20-10-11-1-3-13(19)4-2-11/h1-4,7-8H,5-6,9-10H2,(H,20,21). The van der Waals surface area contributed by atoms with Crippen molar-refractivity contribution in [2.45, 2.75) is 13.0 Å². The Morgan fingerprint density at radius 1 is 1.13 bits per heavy atom. The van der Waals surface area contributed by atoms with Crippen LogP contribution in [0.4, 0.5) is 4.39 Å². The minimum Gasteiger partial charge on any atom is -0.486 e. The van der Waals surface area contributed by atoms with Crippen molar-refractivity contribution in [1.29, 1.82) is 0 Å². The first-order valence-electron chi connectivity index (χ1n) is 7.21. The number of fused-ring (bicyclic) bond motifs is 1. The third-order valence-corrected chi connectivity index (χ3v) is 3.70. The highest BCUT2D eigenvalue weighted by Crippen LogP contribution is 2.38. The highest BCUT2D eigenvalue weighted by atomic mass is 35.5. The molecule has 1 N–H and O–H groups in total. The van der Waals surface area contributed by atoms with E-state index >= 15 is 0 Å². The summed E-state index contributed by atoms with van der Waals surface area (Å²) >= 11 is 6.15. The van der Waals surface area contributed by atoms with Crippen molar-refractivity contribution in [3.63, 3.8) is 0 Å². The molecule has 1 heterocycles. The second kappa shape index (κ2) is 6.87. The van der Waals surface area contributed by atoms with E-state index in [1.807, 2.05) is 0 Å². The normalized spacial score (nSPS) is 12.8. The van der Waals surface area contributed by atoms with Crippen LogP contribution in [0.3, 0.4) is 0 Å². The smallest absolute Gasteiger partial charge is 0.224 e. The van der Waals surface area contributed by atoms with Gasteiger partial charge in [-0.05, 0) is 35.4 Å². The molecular formula is C17H15ClFNO3. The molecule has 0 unspecified atom stereocenters. The van der Waals surface area contributed by atoms with Gasteiger partial charge in [-0.2, -0.15) is 0 Å². The maximum atomic E-state index is 12.8. The molecule has 0 spiro atoms. The zero-order chi connectivity index (χ0) is 16.2. The lowest BCUT2D eigenvalue weighted by Crippen LogP contribution is -2.24. The van der Waals surface area contributed by atoms with E-state index in [2.05, 4.69) is 5.32 Å². The molecule has 1 aliphatic rings. The second-order valence-corrected chi connectivity index (χ2v) is 5.59. The van der Waals surface area contributed by atoms with Gasteiger partial charge in [0.05, 0.1) is 11.4 Å². The predicted octanol–water partition coefficient (Wildman–Crippen LogP) is 3.11. The third kappa shape index (κ3) is 3.93. The molecule has 6 heteroatoms. The van der Waals surface area contributed by atoms with Gasteiger partial charge in [0, 0.05) is 6.54 Å². The van der Waals surface area contributed by atoms with E-state index in [-0.39, 0.29) is 18.1 Å². The molecule has 0 saturated carbocycles.